The standard InChI is InChI=1S/C32H31ClFN5O7/c1-32(27-6-5-19(33)13-35-27)45-26-4-2-3-24(30(26)46-32)39(42)9-8-37(23-16-43-17-25(23)39)15-28-36-29-21(34)11-18(31(40)41)12-22(29)38(28)14-20-7-10-44-20/h2-6,11-13,20,23,25H,7-10,14-17H2,1H3,(H,40,41)/t20-,23-,25+,32-,39?/m0/s1. The molecule has 8 rings (SSSR count). The number of carbonyl (C=O) groups is 1. The lowest BCUT2D eigenvalue weighted by atomic mass is 10.0. The van der Waals surface area contributed by atoms with E-state index in [2.05, 4.69) is 14.9 Å². The van der Waals surface area contributed by atoms with Crippen LogP contribution in [0, 0.1) is 11.0 Å². The molecular formula is C32H31ClFN5O7. The molecule has 240 valence electrons. The number of carboxylic acid groups (broad SMARTS) is 1. The highest BCUT2D eigenvalue weighted by molar-refractivity contribution is 6.30. The Hall–Kier alpha value is -3.85. The number of hydrogen-bond donors (Lipinski definition) is 1. The molecule has 2 aromatic heterocycles. The Labute approximate surface area is 268 Å². The second-order valence-corrected chi connectivity index (χ2v) is 12.8. The lowest BCUT2D eigenvalue weighted by molar-refractivity contribution is -0.0723. The number of hydrogen-bond acceptors (Lipinski definition) is 9. The SMILES string of the molecule is C[C@]1(c2ccc(Cl)cn2)Oc2cccc([N+]3([O-])CCN(Cc4nc5c(F)cc(C(=O)O)cc5n4C[C@@H]4CCO4)[C@H]4COC[C@H]43)c2O1. The summed E-state index contributed by atoms with van der Waals surface area (Å²) in [6.45, 7) is 4.33. The predicted molar refractivity (Wildman–Crippen MR) is 164 cm³/mol. The molecule has 0 radical (unpaired) electrons. The lowest BCUT2D eigenvalue weighted by Gasteiger charge is -2.54. The number of quaternary nitrogens is 1. The molecule has 1 N–H and O–H groups in total. The summed E-state index contributed by atoms with van der Waals surface area (Å²) in [6.07, 6.45) is 2.30. The minimum absolute atomic E-state index is 0.0706. The monoisotopic (exact) mass is 651 g/mol. The summed E-state index contributed by atoms with van der Waals surface area (Å²) < 4.78 is 40.5. The van der Waals surface area contributed by atoms with Gasteiger partial charge in [0, 0.05) is 32.3 Å². The number of aromatic nitrogens is 3. The fourth-order valence-corrected chi connectivity index (χ4v) is 7.15. The van der Waals surface area contributed by atoms with Gasteiger partial charge in [0.25, 0.3) is 5.79 Å². The zero-order valence-corrected chi connectivity index (χ0v) is 25.7. The van der Waals surface area contributed by atoms with Crippen LogP contribution in [0.15, 0.2) is 48.7 Å². The molecule has 4 aliphatic heterocycles. The van der Waals surface area contributed by atoms with Gasteiger partial charge in [-0.25, -0.2) is 14.2 Å². The minimum Gasteiger partial charge on any atom is -0.627 e. The van der Waals surface area contributed by atoms with Crippen LogP contribution in [0.4, 0.5) is 10.1 Å². The van der Waals surface area contributed by atoms with E-state index in [1.807, 2.05) is 4.57 Å². The van der Waals surface area contributed by atoms with Crippen molar-refractivity contribution in [3.63, 3.8) is 0 Å². The minimum atomic E-state index is -1.24. The van der Waals surface area contributed by atoms with Crippen molar-refractivity contribution in [2.75, 3.05) is 32.9 Å². The Kier molecular flexibility index (Phi) is 6.98. The van der Waals surface area contributed by atoms with Crippen molar-refractivity contribution in [1.82, 2.24) is 24.1 Å². The number of ether oxygens (including phenoxy) is 4. The first-order valence-electron chi connectivity index (χ1n) is 15.2. The van der Waals surface area contributed by atoms with Crippen molar-refractivity contribution in [2.24, 2.45) is 0 Å². The molecule has 3 saturated heterocycles. The number of carboxylic acids is 1. The van der Waals surface area contributed by atoms with Crippen LogP contribution in [0.3, 0.4) is 0 Å². The van der Waals surface area contributed by atoms with Crippen molar-refractivity contribution >= 4 is 34.3 Å². The summed E-state index contributed by atoms with van der Waals surface area (Å²) in [5.41, 5.74) is 1.34. The van der Waals surface area contributed by atoms with Gasteiger partial charge in [-0.15, -0.1) is 0 Å². The Morgan fingerprint density at radius 2 is 2.09 bits per heavy atom. The van der Waals surface area contributed by atoms with E-state index in [1.54, 1.807) is 37.3 Å². The molecule has 5 atom stereocenters. The van der Waals surface area contributed by atoms with E-state index in [4.69, 9.17) is 30.5 Å². The third-order valence-corrected chi connectivity index (χ3v) is 9.79. The van der Waals surface area contributed by atoms with Gasteiger partial charge in [-0.05, 0) is 36.8 Å². The van der Waals surface area contributed by atoms with Crippen LogP contribution in [0.5, 0.6) is 11.5 Å². The van der Waals surface area contributed by atoms with Gasteiger partial charge in [0.2, 0.25) is 5.75 Å². The molecule has 4 aromatic rings. The predicted octanol–water partition coefficient (Wildman–Crippen LogP) is 4.44. The molecule has 4 aliphatic rings. The van der Waals surface area contributed by atoms with Crippen molar-refractivity contribution in [3.05, 3.63) is 81.8 Å². The molecule has 12 nitrogen and oxygen atoms in total. The average molecular weight is 652 g/mol. The molecule has 46 heavy (non-hydrogen) atoms. The van der Waals surface area contributed by atoms with Crippen molar-refractivity contribution in [3.8, 4) is 11.5 Å². The van der Waals surface area contributed by atoms with Crippen LogP contribution in [0.1, 0.15) is 35.2 Å². The number of nitrogens with zero attached hydrogens (tertiary/aromatic N) is 5. The molecule has 0 saturated carbocycles. The van der Waals surface area contributed by atoms with Gasteiger partial charge in [-0.2, -0.15) is 0 Å². The van der Waals surface area contributed by atoms with Crippen LogP contribution < -0.4 is 14.1 Å². The second-order valence-electron chi connectivity index (χ2n) is 12.3. The molecule has 6 heterocycles. The van der Waals surface area contributed by atoms with Crippen LogP contribution in [-0.2, 0) is 28.4 Å². The summed E-state index contributed by atoms with van der Waals surface area (Å²) >= 11 is 6.04. The number of imidazole rings is 1. The van der Waals surface area contributed by atoms with E-state index in [0.29, 0.717) is 72.1 Å². The number of hydroxylamine groups is 2. The van der Waals surface area contributed by atoms with E-state index in [0.717, 1.165) is 12.5 Å². The topological polar surface area (TPSA) is 131 Å². The highest BCUT2D eigenvalue weighted by atomic mass is 35.5. The Morgan fingerprint density at radius 3 is 2.83 bits per heavy atom. The summed E-state index contributed by atoms with van der Waals surface area (Å²) in [6, 6.07) is 10.5. The van der Waals surface area contributed by atoms with E-state index in [-0.39, 0.29) is 36.4 Å². The van der Waals surface area contributed by atoms with Crippen LogP contribution in [0.25, 0.3) is 11.0 Å². The molecule has 0 amide bonds. The summed E-state index contributed by atoms with van der Waals surface area (Å²) in [7, 11) is 0. The Bertz CT molecular complexity index is 1850. The van der Waals surface area contributed by atoms with Crippen molar-refractivity contribution in [2.45, 2.75) is 50.4 Å². The zero-order valence-electron chi connectivity index (χ0n) is 24.9. The maximum Gasteiger partial charge on any atom is 0.335 e. The van der Waals surface area contributed by atoms with Crippen LogP contribution in [-0.4, -0.2) is 81.6 Å². The average Bonchev–Trinajstić information content (AvgIpc) is 3.73. The quantitative estimate of drug-likeness (QED) is 0.226. The number of halogens is 2. The number of pyridine rings is 1. The van der Waals surface area contributed by atoms with Crippen LogP contribution in [0.2, 0.25) is 5.02 Å². The molecule has 0 bridgehead atoms. The molecule has 14 heteroatoms. The number of para-hydroxylation sites is 1. The Morgan fingerprint density at radius 1 is 1.24 bits per heavy atom. The molecular weight excluding hydrogens is 621 g/mol. The third-order valence-electron chi connectivity index (χ3n) is 9.56. The summed E-state index contributed by atoms with van der Waals surface area (Å²) in [5, 5.41) is 25.0. The maximum atomic E-state index is 15.1. The normalized spacial score (nSPS) is 28.7. The summed E-state index contributed by atoms with van der Waals surface area (Å²) in [5.74, 6) is -1.74. The molecule has 0 aliphatic carbocycles. The van der Waals surface area contributed by atoms with Gasteiger partial charge in [-0.3, -0.25) is 9.88 Å². The number of aromatic carboxylic acids is 1. The van der Waals surface area contributed by atoms with Crippen LogP contribution >= 0.6 is 11.6 Å². The van der Waals surface area contributed by atoms with Gasteiger partial charge >= 0.3 is 5.97 Å². The van der Waals surface area contributed by atoms with Crippen molar-refractivity contribution < 1.29 is 33.2 Å². The van der Waals surface area contributed by atoms with E-state index in [1.165, 1.54) is 12.3 Å². The van der Waals surface area contributed by atoms with E-state index < -0.39 is 28.3 Å². The number of fused-ring (bicyclic) bond motifs is 3. The van der Waals surface area contributed by atoms with E-state index in [9.17, 15) is 15.1 Å². The summed E-state index contributed by atoms with van der Waals surface area (Å²) in [4.78, 5) is 22.9. The fraction of sp³-hybridized carbons (Fsp3) is 0.406. The van der Waals surface area contributed by atoms with Crippen molar-refractivity contribution in [1.29, 1.82) is 0 Å². The first-order valence-corrected chi connectivity index (χ1v) is 15.6. The molecule has 0 spiro atoms. The van der Waals surface area contributed by atoms with E-state index >= 15 is 4.39 Å². The highest BCUT2D eigenvalue weighted by Gasteiger charge is 2.52. The smallest absolute Gasteiger partial charge is 0.335 e. The molecule has 3 fully saturated rings. The highest BCUT2D eigenvalue weighted by Crippen LogP contribution is 2.52. The number of piperazine rings is 1. The second kappa shape index (κ2) is 10.9. The number of benzene rings is 2. The van der Waals surface area contributed by atoms with Gasteiger partial charge in [0.15, 0.2) is 17.3 Å². The first-order chi connectivity index (χ1) is 22.1. The maximum absolute atomic E-state index is 15.1. The molecule has 2 aromatic carbocycles. The first kappa shape index (κ1) is 29.5. The zero-order chi connectivity index (χ0) is 31.8. The third kappa shape index (κ3) is 4.72. The largest absolute Gasteiger partial charge is 0.627 e. The number of rotatable bonds is 7. The van der Waals surface area contributed by atoms with Gasteiger partial charge < -0.3 is 38.5 Å². The van der Waals surface area contributed by atoms with Gasteiger partial charge in [0.1, 0.15) is 29.7 Å². The fourth-order valence-electron chi connectivity index (χ4n) is 7.03. The molecule has 1 unspecified atom stereocenters. The van der Waals surface area contributed by atoms with Gasteiger partial charge in [0.05, 0.1) is 54.5 Å². The lowest BCUT2D eigenvalue weighted by Crippen LogP contribution is -2.67. The Balaban J connectivity index is 1.10. The van der Waals surface area contributed by atoms with Gasteiger partial charge in [-0.1, -0.05) is 17.7 Å².